The number of carbonyl (C=O) groups is 1. The Morgan fingerprint density at radius 2 is 2.04 bits per heavy atom. The summed E-state index contributed by atoms with van der Waals surface area (Å²) in [6.07, 6.45) is 4.80. The summed E-state index contributed by atoms with van der Waals surface area (Å²) in [5.41, 5.74) is 0.744. The number of aryl methyl sites for hydroxylation is 1. The Hall–Kier alpha value is -2.22. The topological polar surface area (TPSA) is 72.3 Å². The van der Waals surface area contributed by atoms with E-state index in [9.17, 15) is 17.6 Å². The Kier molecular flexibility index (Phi) is 3.39. The van der Waals surface area contributed by atoms with Gasteiger partial charge >= 0.3 is 0 Å². The van der Waals surface area contributed by atoms with Crippen LogP contribution >= 0.6 is 0 Å². The summed E-state index contributed by atoms with van der Waals surface area (Å²) < 4.78 is 42.2. The number of alkyl halides is 1. The molecule has 0 radical (unpaired) electrons. The van der Waals surface area contributed by atoms with Crippen molar-refractivity contribution in [3.63, 3.8) is 0 Å². The second-order valence-corrected chi connectivity index (χ2v) is 10.0. The Bertz CT molecular complexity index is 1060. The molecule has 3 aliphatic rings. The summed E-state index contributed by atoms with van der Waals surface area (Å²) in [6.45, 7) is 0.340. The number of nitrogens with zero attached hydrogens (tertiary/aromatic N) is 3. The summed E-state index contributed by atoms with van der Waals surface area (Å²) in [5, 5.41) is 3.49. The molecule has 5 rings (SSSR count). The molecule has 0 unspecified atom stereocenters. The van der Waals surface area contributed by atoms with Gasteiger partial charge in [0.25, 0.3) is 5.91 Å². The molecule has 1 amide bonds. The van der Waals surface area contributed by atoms with Crippen LogP contribution < -0.4 is 0 Å². The molecule has 1 aromatic carbocycles. The zero-order valence-electron chi connectivity index (χ0n) is 14.9. The molecule has 142 valence electrons. The third kappa shape index (κ3) is 2.32. The number of hydrogen-bond acceptors (Lipinski definition) is 4. The van der Waals surface area contributed by atoms with Crippen molar-refractivity contribution in [2.45, 2.75) is 41.0 Å². The van der Waals surface area contributed by atoms with Crippen LogP contribution in [-0.2, 0) is 21.7 Å². The minimum Gasteiger partial charge on any atom is -0.338 e. The predicted molar refractivity (Wildman–Crippen MR) is 96.6 cm³/mol. The van der Waals surface area contributed by atoms with Crippen molar-refractivity contribution in [3.8, 4) is 11.1 Å². The summed E-state index contributed by atoms with van der Waals surface area (Å²) in [5.74, 6) is -0.836. The minimum absolute atomic E-state index is 0.0778. The van der Waals surface area contributed by atoms with Crippen LogP contribution in [0.1, 0.15) is 30.7 Å². The van der Waals surface area contributed by atoms with Crippen molar-refractivity contribution in [2.75, 3.05) is 13.1 Å². The lowest BCUT2D eigenvalue weighted by molar-refractivity contribution is -0.148. The lowest BCUT2D eigenvalue weighted by Crippen LogP contribution is -2.50. The molecular weight excluding hydrogens is 369 g/mol. The van der Waals surface area contributed by atoms with Crippen LogP contribution in [0.2, 0.25) is 0 Å². The molecule has 6 nitrogen and oxygen atoms in total. The van der Waals surface area contributed by atoms with Crippen LogP contribution in [0, 0.1) is 0 Å². The highest BCUT2D eigenvalue weighted by molar-refractivity contribution is 7.92. The number of sulfone groups is 1. The maximum absolute atomic E-state index is 14.6. The van der Waals surface area contributed by atoms with Gasteiger partial charge in [0, 0.05) is 37.8 Å². The number of hydrogen-bond donors (Lipinski definition) is 0. The molecule has 1 aliphatic carbocycles. The van der Waals surface area contributed by atoms with E-state index in [0.29, 0.717) is 11.3 Å². The Morgan fingerprint density at radius 1 is 1.26 bits per heavy atom. The van der Waals surface area contributed by atoms with Crippen molar-refractivity contribution >= 4 is 15.7 Å². The number of amides is 1. The fourth-order valence-electron chi connectivity index (χ4n) is 4.55. The van der Waals surface area contributed by atoms with Gasteiger partial charge in [-0.15, -0.1) is 0 Å². The van der Waals surface area contributed by atoms with E-state index >= 15 is 0 Å². The molecule has 1 saturated carbocycles. The first-order valence-electron chi connectivity index (χ1n) is 9.15. The van der Waals surface area contributed by atoms with E-state index in [0.717, 1.165) is 16.7 Å². The molecule has 2 atom stereocenters. The number of aromatic nitrogens is 2. The lowest BCUT2D eigenvalue weighted by atomic mass is 9.81. The molecule has 8 heteroatoms. The highest BCUT2D eigenvalue weighted by atomic mass is 32.2. The fourth-order valence-corrected chi connectivity index (χ4v) is 6.71. The zero-order valence-corrected chi connectivity index (χ0v) is 15.7. The van der Waals surface area contributed by atoms with Gasteiger partial charge in [-0.05, 0) is 42.5 Å². The van der Waals surface area contributed by atoms with Crippen LogP contribution in [0.4, 0.5) is 4.39 Å². The Balaban J connectivity index is 1.51. The van der Waals surface area contributed by atoms with Gasteiger partial charge in [-0.1, -0.05) is 6.07 Å². The van der Waals surface area contributed by atoms with Crippen LogP contribution in [0.5, 0.6) is 0 Å². The average molecular weight is 389 g/mol. The monoisotopic (exact) mass is 389 g/mol. The van der Waals surface area contributed by atoms with Crippen LogP contribution in [-0.4, -0.2) is 53.0 Å². The number of fused-ring (bicyclic) bond motifs is 3. The lowest BCUT2D eigenvalue weighted by Gasteiger charge is -2.35. The molecule has 2 aromatic rings. The molecule has 1 saturated heterocycles. The van der Waals surface area contributed by atoms with Gasteiger partial charge in [0.05, 0.1) is 16.3 Å². The van der Waals surface area contributed by atoms with Gasteiger partial charge in [0.2, 0.25) is 0 Å². The number of carbonyl (C=O) groups excluding carboxylic acids is 1. The summed E-state index contributed by atoms with van der Waals surface area (Å²) in [4.78, 5) is 14.3. The van der Waals surface area contributed by atoms with E-state index in [1.807, 2.05) is 19.3 Å². The SMILES string of the molecule is Cn1cc(-c2ccc3c(c2)[C@H]2CN(C(=O)C4(F)CCC4)C[C@H]2S3(=O)=O)cn1. The quantitative estimate of drug-likeness (QED) is 0.788. The number of rotatable bonds is 2. The molecular formula is C19H20FN3O3S. The van der Waals surface area contributed by atoms with Gasteiger partial charge in [-0.25, -0.2) is 12.8 Å². The number of halogens is 1. The largest absolute Gasteiger partial charge is 0.338 e. The van der Waals surface area contributed by atoms with E-state index in [1.165, 1.54) is 4.90 Å². The van der Waals surface area contributed by atoms with E-state index < -0.39 is 26.7 Å². The molecule has 0 spiro atoms. The highest BCUT2D eigenvalue weighted by Gasteiger charge is 2.55. The van der Waals surface area contributed by atoms with Gasteiger partial charge in [-0.3, -0.25) is 9.48 Å². The van der Waals surface area contributed by atoms with E-state index in [2.05, 4.69) is 5.10 Å². The van der Waals surface area contributed by atoms with E-state index in [-0.39, 0.29) is 31.8 Å². The fraction of sp³-hybridized carbons (Fsp3) is 0.474. The molecule has 3 heterocycles. The Morgan fingerprint density at radius 3 is 2.67 bits per heavy atom. The van der Waals surface area contributed by atoms with Crippen molar-refractivity contribution in [1.82, 2.24) is 14.7 Å². The molecule has 2 aliphatic heterocycles. The van der Waals surface area contributed by atoms with Crippen molar-refractivity contribution in [2.24, 2.45) is 7.05 Å². The summed E-state index contributed by atoms with van der Waals surface area (Å²) in [6, 6.07) is 5.33. The first-order chi connectivity index (χ1) is 12.8. The van der Waals surface area contributed by atoms with Crippen molar-refractivity contribution in [3.05, 3.63) is 36.2 Å². The Labute approximate surface area is 156 Å². The molecule has 0 bridgehead atoms. The standard InChI is InChI=1S/C19H20FN3O3S/c1-22-9-13(8-21-22)12-3-4-16-14(7-12)15-10-23(11-17(15)27(16,25)26)18(24)19(20)5-2-6-19/h3-4,7-9,15,17H,2,5-6,10-11H2,1H3/t15-,17-/m1/s1. The second-order valence-electron chi connectivity index (χ2n) is 7.87. The van der Waals surface area contributed by atoms with Crippen LogP contribution in [0.3, 0.4) is 0 Å². The normalized spacial score (nSPS) is 27.1. The summed E-state index contributed by atoms with van der Waals surface area (Å²) >= 11 is 0. The predicted octanol–water partition coefficient (Wildman–Crippen LogP) is 2.06. The van der Waals surface area contributed by atoms with Gasteiger partial charge in [0.1, 0.15) is 0 Å². The third-order valence-electron chi connectivity index (χ3n) is 6.24. The first-order valence-corrected chi connectivity index (χ1v) is 10.7. The molecule has 27 heavy (non-hydrogen) atoms. The molecule has 2 fully saturated rings. The maximum atomic E-state index is 14.6. The van der Waals surface area contributed by atoms with E-state index in [4.69, 9.17) is 0 Å². The summed E-state index contributed by atoms with van der Waals surface area (Å²) in [7, 11) is -1.69. The highest BCUT2D eigenvalue weighted by Crippen LogP contribution is 2.47. The zero-order chi connectivity index (χ0) is 19.0. The minimum atomic E-state index is -3.51. The number of benzene rings is 1. The van der Waals surface area contributed by atoms with Gasteiger partial charge in [-0.2, -0.15) is 5.10 Å². The smallest absolute Gasteiger partial charge is 0.260 e. The van der Waals surface area contributed by atoms with Crippen molar-refractivity contribution < 1.29 is 17.6 Å². The maximum Gasteiger partial charge on any atom is 0.260 e. The average Bonchev–Trinajstić information content (AvgIpc) is 3.29. The van der Waals surface area contributed by atoms with E-state index in [1.54, 1.807) is 23.0 Å². The first kappa shape index (κ1) is 16.9. The van der Waals surface area contributed by atoms with Crippen LogP contribution in [0.25, 0.3) is 11.1 Å². The van der Waals surface area contributed by atoms with Gasteiger partial charge < -0.3 is 4.90 Å². The second kappa shape index (κ2) is 5.41. The third-order valence-corrected chi connectivity index (χ3v) is 8.49. The molecule has 0 N–H and O–H groups in total. The molecule has 1 aromatic heterocycles. The van der Waals surface area contributed by atoms with Crippen LogP contribution in [0.15, 0.2) is 35.5 Å². The van der Waals surface area contributed by atoms with Crippen molar-refractivity contribution in [1.29, 1.82) is 0 Å². The number of likely N-dealkylation sites (tertiary alicyclic amines) is 1. The van der Waals surface area contributed by atoms with Gasteiger partial charge in [0.15, 0.2) is 15.5 Å².